The Kier molecular flexibility index (Phi) is 8.56. The number of aryl methyl sites for hydroxylation is 1. The van der Waals surface area contributed by atoms with Crippen LogP contribution >= 0.6 is 0 Å². The Morgan fingerprint density at radius 2 is 1.55 bits per heavy atom. The van der Waals surface area contributed by atoms with Crippen LogP contribution in [-0.4, -0.2) is 69.3 Å². The number of rotatable bonds is 9. The van der Waals surface area contributed by atoms with Gasteiger partial charge in [0, 0.05) is 50.5 Å². The molecule has 1 saturated heterocycles. The van der Waals surface area contributed by atoms with Gasteiger partial charge in [0.2, 0.25) is 21.8 Å². The minimum Gasteiger partial charge on any atom is -0.326 e. The van der Waals surface area contributed by atoms with Gasteiger partial charge < -0.3 is 15.5 Å². The lowest BCUT2D eigenvalue weighted by Crippen LogP contribution is -2.49. The molecule has 3 rings (SSSR count). The van der Waals surface area contributed by atoms with Crippen molar-refractivity contribution in [2.45, 2.75) is 24.7 Å². The summed E-state index contributed by atoms with van der Waals surface area (Å²) >= 11 is 0. The molecule has 178 valence electrons. The highest BCUT2D eigenvalue weighted by Gasteiger charge is 2.20. The van der Waals surface area contributed by atoms with Crippen LogP contribution in [-0.2, 0) is 26.0 Å². The van der Waals surface area contributed by atoms with E-state index in [1.54, 1.807) is 0 Å². The normalized spacial score (nSPS) is 15.2. The fourth-order valence-corrected chi connectivity index (χ4v) is 4.24. The summed E-state index contributed by atoms with van der Waals surface area (Å²) in [6, 6.07) is 13.6. The first-order valence-corrected chi connectivity index (χ1v) is 12.5. The minimum atomic E-state index is -3.75. The summed E-state index contributed by atoms with van der Waals surface area (Å²) in [6.07, 6.45) is 1.19. The minimum absolute atomic E-state index is 0.00150. The Balaban J connectivity index is 1.37. The molecule has 2 aromatic carbocycles. The summed E-state index contributed by atoms with van der Waals surface area (Å²) < 4.78 is 22.6. The van der Waals surface area contributed by atoms with Crippen molar-refractivity contribution in [2.24, 2.45) is 5.14 Å². The lowest BCUT2D eigenvalue weighted by molar-refractivity contribution is -0.117. The number of sulfonamides is 1. The second kappa shape index (κ2) is 11.4. The number of nitrogens with one attached hydrogen (secondary N) is 2. The van der Waals surface area contributed by atoms with Gasteiger partial charge in [-0.2, -0.15) is 0 Å². The van der Waals surface area contributed by atoms with Crippen molar-refractivity contribution in [3.63, 3.8) is 0 Å². The number of benzene rings is 2. The molecule has 0 saturated carbocycles. The highest BCUT2D eigenvalue weighted by atomic mass is 32.2. The molecule has 1 aliphatic heterocycles. The standard InChI is InChI=1S/C23H31N5O4S/c1-2-18-5-3-4-6-21(18)26-23(30)17-28-15-13-27(14-16-28)12-11-22(29)25-19-7-9-20(10-8-19)33(24,31)32/h3-10H,2,11-17H2,1H3,(H,25,29)(H,26,30)(H2,24,31,32). The molecule has 1 fully saturated rings. The van der Waals surface area contributed by atoms with Crippen LogP contribution in [0.1, 0.15) is 18.9 Å². The molecule has 0 aliphatic carbocycles. The molecule has 0 atom stereocenters. The average molecular weight is 474 g/mol. The van der Waals surface area contributed by atoms with Crippen LogP contribution in [0, 0.1) is 0 Å². The molecule has 33 heavy (non-hydrogen) atoms. The maximum atomic E-state index is 12.4. The number of primary sulfonamides is 1. The number of nitrogens with zero attached hydrogens (tertiary/aromatic N) is 2. The third-order valence-corrected chi connectivity index (χ3v) is 6.56. The summed E-state index contributed by atoms with van der Waals surface area (Å²) in [5.41, 5.74) is 2.51. The van der Waals surface area contributed by atoms with Gasteiger partial charge in [0.25, 0.3) is 0 Å². The lowest BCUT2D eigenvalue weighted by atomic mass is 10.1. The zero-order valence-corrected chi connectivity index (χ0v) is 19.6. The molecule has 0 bridgehead atoms. The van der Waals surface area contributed by atoms with E-state index >= 15 is 0 Å². The number of amides is 2. The molecule has 4 N–H and O–H groups in total. The first-order valence-electron chi connectivity index (χ1n) is 11.0. The van der Waals surface area contributed by atoms with E-state index in [0.29, 0.717) is 25.2 Å². The van der Waals surface area contributed by atoms with Crippen LogP contribution in [0.4, 0.5) is 11.4 Å². The van der Waals surface area contributed by atoms with Crippen LogP contribution in [0.15, 0.2) is 53.4 Å². The number of piperazine rings is 1. The van der Waals surface area contributed by atoms with Crippen molar-refractivity contribution in [2.75, 3.05) is 49.9 Å². The van der Waals surface area contributed by atoms with Crippen LogP contribution in [0.5, 0.6) is 0 Å². The second-order valence-corrected chi connectivity index (χ2v) is 9.61. The van der Waals surface area contributed by atoms with Crippen LogP contribution in [0.3, 0.4) is 0 Å². The Bertz CT molecular complexity index is 1060. The van der Waals surface area contributed by atoms with E-state index < -0.39 is 10.0 Å². The van der Waals surface area contributed by atoms with Gasteiger partial charge in [-0.15, -0.1) is 0 Å². The zero-order chi connectivity index (χ0) is 23.8. The summed E-state index contributed by atoms with van der Waals surface area (Å²) in [5, 5.41) is 10.8. The van der Waals surface area contributed by atoms with Crippen LogP contribution in [0.25, 0.3) is 0 Å². The molecule has 0 aromatic heterocycles. The molecule has 10 heteroatoms. The van der Waals surface area contributed by atoms with E-state index in [2.05, 4.69) is 27.4 Å². The molecule has 0 radical (unpaired) electrons. The van der Waals surface area contributed by atoms with E-state index in [1.807, 2.05) is 24.3 Å². The fourth-order valence-electron chi connectivity index (χ4n) is 3.73. The summed E-state index contributed by atoms with van der Waals surface area (Å²) in [5.74, 6) is -0.160. The fraction of sp³-hybridized carbons (Fsp3) is 0.391. The van der Waals surface area contributed by atoms with Gasteiger partial charge >= 0.3 is 0 Å². The Labute approximate surface area is 195 Å². The van der Waals surface area contributed by atoms with E-state index in [9.17, 15) is 18.0 Å². The Morgan fingerprint density at radius 3 is 2.18 bits per heavy atom. The van der Waals surface area contributed by atoms with E-state index in [4.69, 9.17) is 5.14 Å². The largest absolute Gasteiger partial charge is 0.326 e. The van der Waals surface area contributed by atoms with Gasteiger partial charge in [-0.05, 0) is 42.3 Å². The van der Waals surface area contributed by atoms with Gasteiger partial charge in [-0.3, -0.25) is 14.5 Å². The van der Waals surface area contributed by atoms with E-state index in [1.165, 1.54) is 24.3 Å². The van der Waals surface area contributed by atoms with E-state index in [0.717, 1.165) is 43.9 Å². The molecule has 2 aromatic rings. The Hall–Kier alpha value is -2.79. The number of hydrogen-bond acceptors (Lipinski definition) is 6. The first kappa shape index (κ1) is 24.8. The lowest BCUT2D eigenvalue weighted by Gasteiger charge is -2.34. The molecule has 2 amide bonds. The van der Waals surface area contributed by atoms with E-state index in [-0.39, 0.29) is 16.7 Å². The topological polar surface area (TPSA) is 125 Å². The smallest absolute Gasteiger partial charge is 0.238 e. The Morgan fingerprint density at radius 1 is 0.909 bits per heavy atom. The predicted octanol–water partition coefficient (Wildman–Crippen LogP) is 1.48. The third kappa shape index (κ3) is 7.64. The number of anilines is 2. The van der Waals surface area contributed by atoms with Gasteiger partial charge in [0.1, 0.15) is 0 Å². The second-order valence-electron chi connectivity index (χ2n) is 8.04. The van der Waals surface area contributed by atoms with Crippen molar-refractivity contribution in [1.82, 2.24) is 9.80 Å². The number of para-hydroxylation sites is 1. The quantitative estimate of drug-likeness (QED) is 0.507. The van der Waals surface area contributed by atoms with Gasteiger partial charge in [0.15, 0.2) is 0 Å². The van der Waals surface area contributed by atoms with Crippen molar-refractivity contribution in [1.29, 1.82) is 0 Å². The number of nitrogens with two attached hydrogens (primary N) is 1. The molecule has 1 heterocycles. The highest BCUT2D eigenvalue weighted by molar-refractivity contribution is 7.89. The molecule has 1 aliphatic rings. The maximum Gasteiger partial charge on any atom is 0.238 e. The average Bonchev–Trinajstić information content (AvgIpc) is 2.79. The first-order chi connectivity index (χ1) is 15.7. The molecular formula is C23H31N5O4S. The molecule has 0 spiro atoms. The number of hydrogen-bond donors (Lipinski definition) is 3. The SMILES string of the molecule is CCc1ccccc1NC(=O)CN1CCN(CCC(=O)Nc2ccc(S(N)(=O)=O)cc2)CC1. The van der Waals surface area contributed by atoms with Crippen molar-refractivity contribution in [3.8, 4) is 0 Å². The van der Waals surface area contributed by atoms with Crippen LogP contribution in [0.2, 0.25) is 0 Å². The predicted molar refractivity (Wildman–Crippen MR) is 128 cm³/mol. The monoisotopic (exact) mass is 473 g/mol. The van der Waals surface area contributed by atoms with Crippen molar-refractivity contribution >= 4 is 33.2 Å². The summed E-state index contributed by atoms with van der Waals surface area (Å²) in [4.78, 5) is 29.0. The third-order valence-electron chi connectivity index (χ3n) is 5.63. The summed E-state index contributed by atoms with van der Waals surface area (Å²) in [7, 11) is -3.75. The molecule has 9 nitrogen and oxygen atoms in total. The summed E-state index contributed by atoms with van der Waals surface area (Å²) in [6.45, 7) is 6.13. The highest BCUT2D eigenvalue weighted by Crippen LogP contribution is 2.16. The van der Waals surface area contributed by atoms with Gasteiger partial charge in [-0.1, -0.05) is 25.1 Å². The van der Waals surface area contributed by atoms with Crippen LogP contribution < -0.4 is 15.8 Å². The van der Waals surface area contributed by atoms with Crippen molar-refractivity contribution < 1.29 is 18.0 Å². The van der Waals surface area contributed by atoms with Crippen molar-refractivity contribution in [3.05, 3.63) is 54.1 Å². The maximum absolute atomic E-state index is 12.4. The molecule has 0 unspecified atom stereocenters. The number of carbonyl (C=O) groups excluding carboxylic acids is 2. The number of carbonyl (C=O) groups is 2. The van der Waals surface area contributed by atoms with Gasteiger partial charge in [-0.25, -0.2) is 13.6 Å². The molecular weight excluding hydrogens is 442 g/mol. The van der Waals surface area contributed by atoms with Gasteiger partial charge in [0.05, 0.1) is 11.4 Å². The zero-order valence-electron chi connectivity index (χ0n) is 18.8.